The van der Waals surface area contributed by atoms with Gasteiger partial charge in [0, 0.05) is 17.8 Å². The van der Waals surface area contributed by atoms with Crippen LogP contribution in [0, 0.1) is 0 Å². The zero-order chi connectivity index (χ0) is 12.3. The Morgan fingerprint density at radius 1 is 1.24 bits per heavy atom. The Hall–Kier alpha value is -1.57. The standard InChI is InChI=1S/C15H19NO/c1-3-4-5-9-13-12-8-6-7-10-14(12)16-15(13)11(2)17/h6-8,10,16H,3-5,9H2,1-2H3. The van der Waals surface area contributed by atoms with Crippen LogP contribution in [0.1, 0.15) is 49.2 Å². The number of ketones is 1. The number of H-pyrrole nitrogens is 1. The van der Waals surface area contributed by atoms with Crippen LogP contribution >= 0.6 is 0 Å². The highest BCUT2D eigenvalue weighted by Crippen LogP contribution is 2.24. The van der Waals surface area contributed by atoms with E-state index in [1.807, 2.05) is 18.2 Å². The van der Waals surface area contributed by atoms with Crippen molar-refractivity contribution >= 4 is 16.7 Å². The molecule has 1 heterocycles. The van der Waals surface area contributed by atoms with Gasteiger partial charge in [-0.3, -0.25) is 4.79 Å². The molecule has 17 heavy (non-hydrogen) atoms. The number of hydrogen-bond donors (Lipinski definition) is 1. The van der Waals surface area contributed by atoms with Crippen molar-refractivity contribution in [1.82, 2.24) is 4.98 Å². The van der Waals surface area contributed by atoms with E-state index in [1.165, 1.54) is 23.8 Å². The molecule has 2 aromatic rings. The molecule has 0 saturated carbocycles. The van der Waals surface area contributed by atoms with E-state index in [0.717, 1.165) is 24.1 Å². The van der Waals surface area contributed by atoms with Crippen molar-refractivity contribution in [2.24, 2.45) is 0 Å². The summed E-state index contributed by atoms with van der Waals surface area (Å²) in [5, 5.41) is 1.20. The first-order valence-corrected chi connectivity index (χ1v) is 6.34. The molecule has 1 N–H and O–H groups in total. The van der Waals surface area contributed by atoms with E-state index in [9.17, 15) is 4.79 Å². The maximum absolute atomic E-state index is 11.6. The van der Waals surface area contributed by atoms with Crippen molar-refractivity contribution in [3.05, 3.63) is 35.5 Å². The second kappa shape index (κ2) is 5.17. The van der Waals surface area contributed by atoms with Gasteiger partial charge in [0.05, 0.1) is 5.69 Å². The summed E-state index contributed by atoms with van der Waals surface area (Å²) in [6.45, 7) is 3.83. The van der Waals surface area contributed by atoms with Gasteiger partial charge in [-0.25, -0.2) is 0 Å². The molecular weight excluding hydrogens is 210 g/mol. The Morgan fingerprint density at radius 2 is 2.00 bits per heavy atom. The molecule has 0 spiro atoms. The molecule has 0 bridgehead atoms. The van der Waals surface area contributed by atoms with Crippen LogP contribution in [-0.2, 0) is 6.42 Å². The van der Waals surface area contributed by atoms with Crippen molar-refractivity contribution < 1.29 is 4.79 Å². The van der Waals surface area contributed by atoms with E-state index < -0.39 is 0 Å². The van der Waals surface area contributed by atoms with Crippen LogP contribution in [0.5, 0.6) is 0 Å². The molecule has 2 rings (SSSR count). The van der Waals surface area contributed by atoms with Gasteiger partial charge in [0.25, 0.3) is 0 Å². The number of Topliss-reactive ketones (excluding diaryl/α,β-unsaturated/α-hetero) is 1. The fourth-order valence-corrected chi connectivity index (χ4v) is 2.31. The molecule has 0 amide bonds. The third-order valence-corrected chi connectivity index (χ3v) is 3.20. The summed E-state index contributed by atoms with van der Waals surface area (Å²) in [6, 6.07) is 8.16. The Morgan fingerprint density at radius 3 is 2.71 bits per heavy atom. The highest BCUT2D eigenvalue weighted by molar-refractivity contribution is 6.00. The Kier molecular flexibility index (Phi) is 3.62. The number of aryl methyl sites for hydroxylation is 1. The van der Waals surface area contributed by atoms with Gasteiger partial charge in [-0.2, -0.15) is 0 Å². The normalized spacial score (nSPS) is 10.9. The monoisotopic (exact) mass is 229 g/mol. The minimum atomic E-state index is 0.132. The molecular formula is C15H19NO. The summed E-state index contributed by atoms with van der Waals surface area (Å²) in [4.78, 5) is 14.9. The Labute approximate surface area is 102 Å². The summed E-state index contributed by atoms with van der Waals surface area (Å²) in [6.07, 6.45) is 4.57. The maximum Gasteiger partial charge on any atom is 0.176 e. The van der Waals surface area contributed by atoms with Gasteiger partial charge >= 0.3 is 0 Å². The predicted molar refractivity (Wildman–Crippen MR) is 71.5 cm³/mol. The topological polar surface area (TPSA) is 32.9 Å². The quantitative estimate of drug-likeness (QED) is 0.607. The van der Waals surface area contributed by atoms with Crippen LogP contribution in [0.2, 0.25) is 0 Å². The molecule has 0 unspecified atom stereocenters. The molecule has 1 aromatic heterocycles. The summed E-state index contributed by atoms with van der Waals surface area (Å²) in [7, 11) is 0. The fourth-order valence-electron chi connectivity index (χ4n) is 2.31. The summed E-state index contributed by atoms with van der Waals surface area (Å²) < 4.78 is 0. The average Bonchev–Trinajstić information content (AvgIpc) is 2.69. The van der Waals surface area contributed by atoms with Crippen LogP contribution < -0.4 is 0 Å². The fraction of sp³-hybridized carbons (Fsp3) is 0.400. The number of para-hydroxylation sites is 1. The van der Waals surface area contributed by atoms with Crippen molar-refractivity contribution in [2.75, 3.05) is 0 Å². The molecule has 0 radical (unpaired) electrons. The first-order chi connectivity index (χ1) is 8.24. The smallest absolute Gasteiger partial charge is 0.176 e. The zero-order valence-electron chi connectivity index (χ0n) is 10.5. The average molecular weight is 229 g/mol. The van der Waals surface area contributed by atoms with Crippen molar-refractivity contribution in [3.63, 3.8) is 0 Å². The number of hydrogen-bond acceptors (Lipinski definition) is 1. The van der Waals surface area contributed by atoms with Crippen molar-refractivity contribution in [3.8, 4) is 0 Å². The Balaban J connectivity index is 2.41. The van der Waals surface area contributed by atoms with Gasteiger partial charge in [-0.05, 0) is 24.5 Å². The molecule has 0 aliphatic rings. The largest absolute Gasteiger partial charge is 0.352 e. The molecule has 1 aromatic carbocycles. The minimum absolute atomic E-state index is 0.132. The lowest BCUT2D eigenvalue weighted by atomic mass is 10.0. The molecule has 0 aliphatic heterocycles. The van der Waals surface area contributed by atoms with E-state index in [2.05, 4.69) is 18.0 Å². The number of aromatic nitrogens is 1. The molecule has 2 nitrogen and oxygen atoms in total. The van der Waals surface area contributed by atoms with Gasteiger partial charge in [0.15, 0.2) is 5.78 Å². The Bertz CT molecular complexity index is 525. The van der Waals surface area contributed by atoms with Crippen molar-refractivity contribution in [2.45, 2.75) is 39.5 Å². The van der Waals surface area contributed by atoms with Crippen LogP contribution in [0.4, 0.5) is 0 Å². The number of nitrogens with one attached hydrogen (secondary N) is 1. The second-order valence-electron chi connectivity index (χ2n) is 4.54. The van der Waals surface area contributed by atoms with Gasteiger partial charge in [0.1, 0.15) is 0 Å². The molecule has 0 saturated heterocycles. The molecule has 2 heteroatoms. The first-order valence-electron chi connectivity index (χ1n) is 6.34. The van der Waals surface area contributed by atoms with Gasteiger partial charge < -0.3 is 4.98 Å². The number of aromatic amines is 1. The van der Waals surface area contributed by atoms with Crippen LogP contribution in [0.15, 0.2) is 24.3 Å². The van der Waals surface area contributed by atoms with Gasteiger partial charge in [-0.15, -0.1) is 0 Å². The number of benzene rings is 1. The van der Waals surface area contributed by atoms with Crippen LogP contribution in [0.3, 0.4) is 0 Å². The lowest BCUT2D eigenvalue weighted by molar-refractivity contribution is 0.101. The van der Waals surface area contributed by atoms with Gasteiger partial charge in [0.2, 0.25) is 0 Å². The SMILES string of the molecule is CCCCCc1c(C(C)=O)[nH]c2ccccc12. The number of carbonyl (C=O) groups is 1. The molecule has 0 fully saturated rings. The maximum atomic E-state index is 11.6. The van der Waals surface area contributed by atoms with E-state index in [1.54, 1.807) is 6.92 Å². The first kappa shape index (κ1) is 11.9. The van der Waals surface area contributed by atoms with E-state index in [-0.39, 0.29) is 5.78 Å². The molecule has 90 valence electrons. The van der Waals surface area contributed by atoms with E-state index in [0.29, 0.717) is 0 Å². The number of carbonyl (C=O) groups excluding carboxylic acids is 1. The third-order valence-electron chi connectivity index (χ3n) is 3.20. The molecule has 0 atom stereocenters. The van der Waals surface area contributed by atoms with Gasteiger partial charge in [-0.1, -0.05) is 38.0 Å². The van der Waals surface area contributed by atoms with Crippen molar-refractivity contribution in [1.29, 1.82) is 0 Å². The minimum Gasteiger partial charge on any atom is -0.352 e. The highest BCUT2D eigenvalue weighted by Gasteiger charge is 2.13. The lowest BCUT2D eigenvalue weighted by Crippen LogP contribution is -1.98. The number of fused-ring (bicyclic) bond motifs is 1. The summed E-state index contributed by atoms with van der Waals surface area (Å²) >= 11 is 0. The number of unbranched alkanes of at least 4 members (excludes halogenated alkanes) is 2. The highest BCUT2D eigenvalue weighted by atomic mass is 16.1. The molecule has 0 aliphatic carbocycles. The predicted octanol–water partition coefficient (Wildman–Crippen LogP) is 4.10. The lowest BCUT2D eigenvalue weighted by Gasteiger charge is -2.01. The van der Waals surface area contributed by atoms with E-state index in [4.69, 9.17) is 0 Å². The third kappa shape index (κ3) is 2.41. The zero-order valence-corrected chi connectivity index (χ0v) is 10.5. The summed E-state index contributed by atoms with van der Waals surface area (Å²) in [5.41, 5.74) is 3.06. The summed E-state index contributed by atoms with van der Waals surface area (Å²) in [5.74, 6) is 0.132. The van der Waals surface area contributed by atoms with Crippen LogP contribution in [0.25, 0.3) is 10.9 Å². The van der Waals surface area contributed by atoms with Crippen LogP contribution in [-0.4, -0.2) is 10.8 Å². The second-order valence-corrected chi connectivity index (χ2v) is 4.54. The van der Waals surface area contributed by atoms with E-state index >= 15 is 0 Å². The number of rotatable bonds is 5.